The average molecular weight is 366 g/mol. The molecule has 0 aromatic heterocycles. The standard InChI is InChI=1S/C15H9F3N4O4/c1-20(10-4-2-3-9(5-10)8-19)14-12(15(16,17)18)6-11(21(23)24)7-13(14)22(25)26/h2-7H,1H3. The Labute approximate surface area is 144 Å². The lowest BCUT2D eigenvalue weighted by Crippen LogP contribution is -2.19. The molecule has 26 heavy (non-hydrogen) atoms. The Morgan fingerprint density at radius 3 is 2.27 bits per heavy atom. The zero-order chi connectivity index (χ0) is 19.6. The molecule has 2 rings (SSSR count). The van der Waals surface area contributed by atoms with Crippen molar-refractivity contribution >= 4 is 22.7 Å². The number of rotatable bonds is 4. The number of anilines is 2. The number of hydrogen-bond acceptors (Lipinski definition) is 6. The number of hydrogen-bond donors (Lipinski definition) is 0. The van der Waals surface area contributed by atoms with Crippen molar-refractivity contribution in [3.63, 3.8) is 0 Å². The molecule has 8 nitrogen and oxygen atoms in total. The lowest BCUT2D eigenvalue weighted by Gasteiger charge is -2.23. The number of nitro benzene ring substituents is 2. The number of nitrogens with zero attached hydrogens (tertiary/aromatic N) is 4. The number of benzene rings is 2. The fourth-order valence-corrected chi connectivity index (χ4v) is 2.33. The fraction of sp³-hybridized carbons (Fsp3) is 0.133. The van der Waals surface area contributed by atoms with Crippen molar-refractivity contribution in [3.8, 4) is 6.07 Å². The van der Waals surface area contributed by atoms with E-state index in [2.05, 4.69) is 0 Å². The zero-order valence-corrected chi connectivity index (χ0v) is 13.0. The molecule has 0 saturated carbocycles. The van der Waals surface area contributed by atoms with Gasteiger partial charge in [-0.1, -0.05) is 6.07 Å². The molecule has 0 radical (unpaired) electrons. The predicted octanol–water partition coefficient (Wildman–Crippen LogP) is 4.16. The maximum absolute atomic E-state index is 13.4. The Bertz CT molecular complexity index is 937. The van der Waals surface area contributed by atoms with Gasteiger partial charge in [0.2, 0.25) is 0 Å². The molecule has 2 aromatic rings. The average Bonchev–Trinajstić information content (AvgIpc) is 2.59. The first-order valence-electron chi connectivity index (χ1n) is 6.84. The maximum atomic E-state index is 13.4. The molecule has 0 heterocycles. The third-order valence-corrected chi connectivity index (χ3v) is 3.49. The molecular formula is C15H9F3N4O4. The van der Waals surface area contributed by atoms with Gasteiger partial charge in [-0.2, -0.15) is 18.4 Å². The summed E-state index contributed by atoms with van der Waals surface area (Å²) in [5.74, 6) is 0. The van der Waals surface area contributed by atoms with Crippen molar-refractivity contribution in [2.45, 2.75) is 6.18 Å². The molecule has 0 fully saturated rings. The molecule has 2 aromatic carbocycles. The van der Waals surface area contributed by atoms with Gasteiger partial charge in [-0.15, -0.1) is 0 Å². The predicted molar refractivity (Wildman–Crippen MR) is 84.0 cm³/mol. The van der Waals surface area contributed by atoms with E-state index < -0.39 is 38.6 Å². The van der Waals surface area contributed by atoms with Gasteiger partial charge < -0.3 is 4.90 Å². The normalized spacial score (nSPS) is 10.9. The molecule has 0 spiro atoms. The summed E-state index contributed by atoms with van der Waals surface area (Å²) < 4.78 is 40.3. The molecule has 0 atom stereocenters. The Morgan fingerprint density at radius 1 is 1.12 bits per heavy atom. The molecule has 0 unspecified atom stereocenters. The third kappa shape index (κ3) is 3.54. The van der Waals surface area contributed by atoms with Crippen LogP contribution in [0, 0.1) is 31.6 Å². The van der Waals surface area contributed by atoms with Gasteiger partial charge in [0.05, 0.1) is 33.1 Å². The fourth-order valence-electron chi connectivity index (χ4n) is 2.33. The quantitative estimate of drug-likeness (QED) is 0.593. The van der Waals surface area contributed by atoms with Gasteiger partial charge in [0.15, 0.2) is 0 Å². The van der Waals surface area contributed by atoms with E-state index in [0.29, 0.717) is 6.07 Å². The number of non-ortho nitro benzene ring substituents is 1. The minimum atomic E-state index is -5.08. The van der Waals surface area contributed by atoms with Gasteiger partial charge in [0.1, 0.15) is 5.69 Å². The Hall–Kier alpha value is -3.68. The Kier molecular flexibility index (Phi) is 4.79. The second kappa shape index (κ2) is 6.67. The van der Waals surface area contributed by atoms with Crippen LogP contribution >= 0.6 is 0 Å². The number of halogens is 3. The van der Waals surface area contributed by atoms with Gasteiger partial charge in [0, 0.05) is 18.8 Å². The first-order chi connectivity index (χ1) is 12.1. The summed E-state index contributed by atoms with van der Waals surface area (Å²) in [6.45, 7) is 0. The van der Waals surface area contributed by atoms with E-state index >= 15 is 0 Å². The maximum Gasteiger partial charge on any atom is 0.418 e. The summed E-state index contributed by atoms with van der Waals surface area (Å²) in [6, 6.07) is 7.92. The highest BCUT2D eigenvalue weighted by Gasteiger charge is 2.41. The molecule has 0 saturated heterocycles. The highest BCUT2D eigenvalue weighted by atomic mass is 19.4. The molecular weight excluding hydrogens is 357 g/mol. The van der Waals surface area contributed by atoms with Gasteiger partial charge in [-0.25, -0.2) is 0 Å². The molecule has 0 amide bonds. The van der Waals surface area contributed by atoms with E-state index in [1.54, 1.807) is 0 Å². The van der Waals surface area contributed by atoms with Crippen molar-refractivity contribution in [2.24, 2.45) is 0 Å². The van der Waals surface area contributed by atoms with Gasteiger partial charge >= 0.3 is 6.18 Å². The molecule has 0 N–H and O–H groups in total. The first kappa shape index (κ1) is 18.7. The molecule has 0 aliphatic rings. The van der Waals surface area contributed by atoms with E-state index in [1.807, 2.05) is 6.07 Å². The third-order valence-electron chi connectivity index (χ3n) is 3.49. The summed E-state index contributed by atoms with van der Waals surface area (Å²) in [4.78, 5) is 20.7. The molecule has 0 bridgehead atoms. The monoisotopic (exact) mass is 366 g/mol. The van der Waals surface area contributed by atoms with E-state index in [1.165, 1.54) is 24.3 Å². The second-order valence-electron chi connectivity index (χ2n) is 5.09. The number of alkyl halides is 3. The van der Waals surface area contributed by atoms with Crippen LogP contribution in [-0.2, 0) is 6.18 Å². The van der Waals surface area contributed by atoms with Gasteiger partial charge in [-0.3, -0.25) is 20.2 Å². The van der Waals surface area contributed by atoms with Crippen molar-refractivity contribution in [1.29, 1.82) is 5.26 Å². The largest absolute Gasteiger partial charge is 0.418 e. The second-order valence-corrected chi connectivity index (χ2v) is 5.09. The van der Waals surface area contributed by atoms with Crippen molar-refractivity contribution < 1.29 is 23.0 Å². The molecule has 0 aliphatic carbocycles. The van der Waals surface area contributed by atoms with Crippen LogP contribution in [0.4, 0.5) is 35.9 Å². The summed E-state index contributed by atoms with van der Waals surface area (Å²) in [5, 5.41) is 31.0. The minimum Gasteiger partial charge on any atom is -0.338 e. The number of nitro groups is 2. The smallest absolute Gasteiger partial charge is 0.338 e. The highest BCUT2D eigenvalue weighted by molar-refractivity contribution is 5.78. The van der Waals surface area contributed by atoms with Crippen molar-refractivity contribution in [1.82, 2.24) is 0 Å². The van der Waals surface area contributed by atoms with Crippen LogP contribution in [0.15, 0.2) is 36.4 Å². The van der Waals surface area contributed by atoms with Crippen LogP contribution in [0.2, 0.25) is 0 Å². The lowest BCUT2D eigenvalue weighted by molar-refractivity contribution is -0.394. The lowest BCUT2D eigenvalue weighted by atomic mass is 10.1. The molecule has 134 valence electrons. The minimum absolute atomic E-state index is 0.0755. The topological polar surface area (TPSA) is 113 Å². The van der Waals surface area contributed by atoms with Crippen LogP contribution in [0.25, 0.3) is 0 Å². The summed E-state index contributed by atoms with van der Waals surface area (Å²) in [5.41, 5.74) is -4.30. The van der Waals surface area contributed by atoms with E-state index in [4.69, 9.17) is 5.26 Å². The van der Waals surface area contributed by atoms with Crippen molar-refractivity contribution in [3.05, 3.63) is 67.8 Å². The first-order valence-corrected chi connectivity index (χ1v) is 6.84. The summed E-state index contributed by atoms with van der Waals surface area (Å²) in [7, 11) is 1.14. The van der Waals surface area contributed by atoms with E-state index in [9.17, 15) is 33.4 Å². The Balaban J connectivity index is 2.82. The molecule has 0 aliphatic heterocycles. The SMILES string of the molecule is CN(c1cccc(C#N)c1)c1c([N+](=O)[O-])cc([N+](=O)[O-])cc1C(F)(F)F. The van der Waals surface area contributed by atoms with Crippen LogP contribution in [-0.4, -0.2) is 16.9 Å². The van der Waals surface area contributed by atoms with Gasteiger partial charge in [0.25, 0.3) is 11.4 Å². The van der Waals surface area contributed by atoms with E-state index in [0.717, 1.165) is 11.9 Å². The Morgan fingerprint density at radius 2 is 1.77 bits per heavy atom. The van der Waals surface area contributed by atoms with Crippen LogP contribution in [0.5, 0.6) is 0 Å². The van der Waals surface area contributed by atoms with Crippen LogP contribution in [0.3, 0.4) is 0 Å². The highest BCUT2D eigenvalue weighted by Crippen LogP contribution is 2.45. The van der Waals surface area contributed by atoms with Gasteiger partial charge in [-0.05, 0) is 18.2 Å². The van der Waals surface area contributed by atoms with Crippen LogP contribution < -0.4 is 4.90 Å². The van der Waals surface area contributed by atoms with Crippen molar-refractivity contribution in [2.75, 3.05) is 11.9 Å². The molecule has 11 heteroatoms. The van der Waals surface area contributed by atoms with Crippen LogP contribution in [0.1, 0.15) is 11.1 Å². The summed E-state index contributed by atoms with van der Waals surface area (Å²) >= 11 is 0. The summed E-state index contributed by atoms with van der Waals surface area (Å²) in [6.07, 6.45) is -5.08. The zero-order valence-electron chi connectivity index (χ0n) is 13.0. The van der Waals surface area contributed by atoms with E-state index in [-0.39, 0.29) is 17.3 Å². The number of nitriles is 1.